The second-order valence-electron chi connectivity index (χ2n) is 7.93. The number of piperidine rings is 1. The SMILES string of the molecule is Cc1ccccc1CN1CCC(NC(=O)NC(C)(CO)C2CC2)CC1. The number of carbonyl (C=O) groups excluding carboxylic acids is 1. The summed E-state index contributed by atoms with van der Waals surface area (Å²) >= 11 is 0. The van der Waals surface area contributed by atoms with Gasteiger partial charge in [0.1, 0.15) is 0 Å². The van der Waals surface area contributed by atoms with E-state index in [-0.39, 0.29) is 18.7 Å². The molecular formula is C20H31N3O2. The number of aliphatic hydroxyl groups is 1. The number of nitrogens with zero attached hydrogens (tertiary/aromatic N) is 1. The lowest BCUT2D eigenvalue weighted by molar-refractivity contribution is 0.149. The summed E-state index contributed by atoms with van der Waals surface area (Å²) in [7, 11) is 0. The molecule has 1 aliphatic heterocycles. The van der Waals surface area contributed by atoms with Crippen LogP contribution in [0, 0.1) is 12.8 Å². The predicted molar refractivity (Wildman–Crippen MR) is 99.4 cm³/mol. The van der Waals surface area contributed by atoms with E-state index in [1.807, 2.05) is 6.92 Å². The molecular weight excluding hydrogens is 314 g/mol. The molecule has 3 N–H and O–H groups in total. The molecule has 0 aromatic heterocycles. The lowest BCUT2D eigenvalue weighted by Crippen LogP contribution is -2.56. The number of carbonyl (C=O) groups is 1. The molecule has 5 nitrogen and oxygen atoms in total. The van der Waals surface area contributed by atoms with Crippen molar-refractivity contribution in [2.75, 3.05) is 19.7 Å². The molecule has 2 aliphatic rings. The Morgan fingerprint density at radius 2 is 1.92 bits per heavy atom. The fourth-order valence-electron chi connectivity index (χ4n) is 3.74. The fourth-order valence-corrected chi connectivity index (χ4v) is 3.74. The van der Waals surface area contributed by atoms with Crippen LogP contribution in [0.5, 0.6) is 0 Å². The van der Waals surface area contributed by atoms with Crippen LogP contribution in [0.4, 0.5) is 4.79 Å². The van der Waals surface area contributed by atoms with Gasteiger partial charge < -0.3 is 15.7 Å². The second kappa shape index (κ2) is 7.75. The molecule has 138 valence electrons. The zero-order valence-electron chi connectivity index (χ0n) is 15.4. The van der Waals surface area contributed by atoms with Gasteiger partial charge in [0.05, 0.1) is 12.1 Å². The third-order valence-corrected chi connectivity index (χ3v) is 5.78. The summed E-state index contributed by atoms with van der Waals surface area (Å²) in [6.45, 7) is 7.08. The molecule has 3 rings (SSSR count). The number of likely N-dealkylation sites (tertiary alicyclic amines) is 1. The Kier molecular flexibility index (Phi) is 5.64. The summed E-state index contributed by atoms with van der Waals surface area (Å²) in [5.41, 5.74) is 2.25. The van der Waals surface area contributed by atoms with E-state index in [1.165, 1.54) is 11.1 Å². The third-order valence-electron chi connectivity index (χ3n) is 5.78. The molecule has 1 saturated heterocycles. The van der Waals surface area contributed by atoms with E-state index >= 15 is 0 Å². The Hall–Kier alpha value is -1.59. The molecule has 0 radical (unpaired) electrons. The van der Waals surface area contributed by atoms with Gasteiger partial charge in [0.15, 0.2) is 0 Å². The molecule has 2 amide bonds. The lowest BCUT2D eigenvalue weighted by Gasteiger charge is -2.34. The first-order chi connectivity index (χ1) is 12.0. The highest BCUT2D eigenvalue weighted by Crippen LogP contribution is 2.39. The number of hydrogen-bond donors (Lipinski definition) is 3. The first kappa shape index (κ1) is 18.2. The van der Waals surface area contributed by atoms with Gasteiger partial charge in [0.2, 0.25) is 0 Å². The first-order valence-corrected chi connectivity index (χ1v) is 9.46. The van der Waals surface area contributed by atoms with Crippen molar-refractivity contribution in [2.24, 2.45) is 5.92 Å². The largest absolute Gasteiger partial charge is 0.394 e. The monoisotopic (exact) mass is 345 g/mol. The molecule has 25 heavy (non-hydrogen) atoms. The zero-order chi connectivity index (χ0) is 17.9. The van der Waals surface area contributed by atoms with Crippen LogP contribution in [-0.4, -0.2) is 47.3 Å². The number of aliphatic hydroxyl groups excluding tert-OH is 1. The van der Waals surface area contributed by atoms with Gasteiger partial charge in [-0.25, -0.2) is 4.79 Å². The summed E-state index contributed by atoms with van der Waals surface area (Å²) in [5, 5.41) is 15.7. The highest BCUT2D eigenvalue weighted by molar-refractivity contribution is 5.75. The average Bonchev–Trinajstić information content (AvgIpc) is 3.44. The molecule has 0 spiro atoms. The predicted octanol–water partition coefficient (Wildman–Crippen LogP) is 2.42. The Labute approximate surface area is 150 Å². The topological polar surface area (TPSA) is 64.6 Å². The van der Waals surface area contributed by atoms with Crippen LogP contribution >= 0.6 is 0 Å². The second-order valence-corrected chi connectivity index (χ2v) is 7.93. The van der Waals surface area contributed by atoms with Crippen LogP contribution in [0.15, 0.2) is 24.3 Å². The van der Waals surface area contributed by atoms with Crippen molar-refractivity contribution in [3.63, 3.8) is 0 Å². The summed E-state index contributed by atoms with van der Waals surface area (Å²) in [6, 6.07) is 8.61. The van der Waals surface area contributed by atoms with Gasteiger partial charge in [-0.1, -0.05) is 24.3 Å². The molecule has 1 saturated carbocycles. The number of aryl methyl sites for hydroxylation is 1. The highest BCUT2D eigenvalue weighted by Gasteiger charge is 2.42. The van der Waals surface area contributed by atoms with E-state index in [0.717, 1.165) is 45.3 Å². The maximum absolute atomic E-state index is 12.3. The molecule has 1 unspecified atom stereocenters. The van der Waals surface area contributed by atoms with Crippen LogP contribution in [-0.2, 0) is 6.54 Å². The van der Waals surface area contributed by atoms with Crippen molar-refractivity contribution in [2.45, 2.75) is 57.7 Å². The van der Waals surface area contributed by atoms with Gasteiger partial charge in [-0.15, -0.1) is 0 Å². The Balaban J connectivity index is 1.43. The van der Waals surface area contributed by atoms with Gasteiger partial charge in [-0.2, -0.15) is 0 Å². The molecule has 5 heteroatoms. The smallest absolute Gasteiger partial charge is 0.315 e. The minimum absolute atomic E-state index is 0.0000418. The summed E-state index contributed by atoms with van der Waals surface area (Å²) in [4.78, 5) is 14.7. The van der Waals surface area contributed by atoms with Crippen molar-refractivity contribution >= 4 is 6.03 Å². The fraction of sp³-hybridized carbons (Fsp3) is 0.650. The van der Waals surface area contributed by atoms with Gasteiger partial charge in [0, 0.05) is 25.7 Å². The van der Waals surface area contributed by atoms with Crippen LogP contribution in [0.3, 0.4) is 0 Å². The molecule has 1 aromatic carbocycles. The van der Waals surface area contributed by atoms with Crippen LogP contribution in [0.1, 0.15) is 43.7 Å². The Bertz CT molecular complexity index is 594. The number of benzene rings is 1. The van der Waals surface area contributed by atoms with Gasteiger partial charge >= 0.3 is 6.03 Å². The van der Waals surface area contributed by atoms with Crippen molar-refractivity contribution < 1.29 is 9.90 Å². The summed E-state index contributed by atoms with van der Waals surface area (Å²) in [6.07, 6.45) is 4.13. The van der Waals surface area contributed by atoms with E-state index < -0.39 is 5.54 Å². The first-order valence-electron chi connectivity index (χ1n) is 9.46. The van der Waals surface area contributed by atoms with Gasteiger partial charge in [0.25, 0.3) is 0 Å². The summed E-state index contributed by atoms with van der Waals surface area (Å²) in [5.74, 6) is 0.416. The van der Waals surface area contributed by atoms with E-state index in [4.69, 9.17) is 0 Å². The minimum Gasteiger partial charge on any atom is -0.394 e. The standard InChI is InChI=1S/C20H31N3O2/c1-15-5-3-4-6-16(15)13-23-11-9-18(10-12-23)21-19(25)22-20(2,14-24)17-7-8-17/h3-6,17-18,24H,7-14H2,1-2H3,(H2,21,22,25). The van der Waals surface area contributed by atoms with Crippen LogP contribution in [0.25, 0.3) is 0 Å². The number of nitrogens with one attached hydrogen (secondary N) is 2. The quantitative estimate of drug-likeness (QED) is 0.742. The van der Waals surface area contributed by atoms with Crippen molar-refractivity contribution in [3.05, 3.63) is 35.4 Å². The number of rotatable bonds is 6. The Morgan fingerprint density at radius 1 is 1.24 bits per heavy atom. The summed E-state index contributed by atoms with van der Waals surface area (Å²) < 4.78 is 0. The number of urea groups is 1. The number of amides is 2. The van der Waals surface area contributed by atoms with E-state index in [2.05, 4.69) is 46.7 Å². The number of hydrogen-bond acceptors (Lipinski definition) is 3. The van der Waals surface area contributed by atoms with Crippen molar-refractivity contribution in [1.82, 2.24) is 15.5 Å². The highest BCUT2D eigenvalue weighted by atomic mass is 16.3. The molecule has 1 heterocycles. The van der Waals surface area contributed by atoms with Crippen LogP contribution in [0.2, 0.25) is 0 Å². The lowest BCUT2D eigenvalue weighted by atomic mass is 9.97. The average molecular weight is 345 g/mol. The Morgan fingerprint density at radius 3 is 2.52 bits per heavy atom. The molecule has 1 aliphatic carbocycles. The molecule has 1 aromatic rings. The molecule has 0 bridgehead atoms. The van der Waals surface area contributed by atoms with Gasteiger partial charge in [-0.05, 0) is 56.6 Å². The maximum atomic E-state index is 12.3. The van der Waals surface area contributed by atoms with Gasteiger partial charge in [-0.3, -0.25) is 4.90 Å². The maximum Gasteiger partial charge on any atom is 0.315 e. The third kappa shape index (κ3) is 4.73. The zero-order valence-corrected chi connectivity index (χ0v) is 15.4. The molecule has 2 fully saturated rings. The van der Waals surface area contributed by atoms with E-state index in [0.29, 0.717) is 5.92 Å². The molecule has 1 atom stereocenters. The van der Waals surface area contributed by atoms with Crippen molar-refractivity contribution in [1.29, 1.82) is 0 Å². The minimum atomic E-state index is -0.477. The van der Waals surface area contributed by atoms with Crippen molar-refractivity contribution in [3.8, 4) is 0 Å². The van der Waals surface area contributed by atoms with Crippen LogP contribution < -0.4 is 10.6 Å². The van der Waals surface area contributed by atoms with E-state index in [9.17, 15) is 9.90 Å². The van der Waals surface area contributed by atoms with E-state index in [1.54, 1.807) is 0 Å². The normalized spacial score (nSPS) is 21.6.